The summed E-state index contributed by atoms with van der Waals surface area (Å²) in [5.74, 6) is 2.01. The average Bonchev–Trinajstić information content (AvgIpc) is 2.69. The van der Waals surface area contributed by atoms with Gasteiger partial charge in [0.15, 0.2) is 4.60 Å². The minimum Gasteiger partial charge on any atom is -0.316 e. The number of nitrogens with zero attached hydrogens (tertiary/aromatic N) is 3. The molecule has 0 bridgehead atoms. The van der Waals surface area contributed by atoms with Gasteiger partial charge < -0.3 is 5.32 Å². The third kappa shape index (κ3) is 3.78. The predicted molar refractivity (Wildman–Crippen MR) is 81.1 cm³/mol. The van der Waals surface area contributed by atoms with E-state index in [2.05, 4.69) is 45.4 Å². The van der Waals surface area contributed by atoms with Crippen LogP contribution in [-0.4, -0.2) is 28.1 Å². The fourth-order valence-corrected chi connectivity index (χ4v) is 3.72. The zero-order chi connectivity index (χ0) is 13.8. The Morgan fingerprint density at radius 1 is 1.37 bits per heavy atom. The van der Waals surface area contributed by atoms with Crippen molar-refractivity contribution in [2.24, 2.45) is 18.9 Å². The smallest absolute Gasteiger partial charge is 0.151 e. The molecule has 0 radical (unpaired) electrons. The van der Waals surface area contributed by atoms with Crippen molar-refractivity contribution >= 4 is 15.9 Å². The summed E-state index contributed by atoms with van der Waals surface area (Å²) in [6, 6.07) is 0. The number of aromatic nitrogens is 3. The van der Waals surface area contributed by atoms with Crippen molar-refractivity contribution in [1.29, 1.82) is 0 Å². The highest BCUT2D eigenvalue weighted by Gasteiger charge is 2.30. The normalized spacial score (nSPS) is 24.1. The number of rotatable bonds is 5. The maximum Gasteiger partial charge on any atom is 0.151 e. The topological polar surface area (TPSA) is 42.7 Å². The van der Waals surface area contributed by atoms with E-state index in [1.807, 2.05) is 11.7 Å². The molecule has 4 nitrogen and oxygen atoms in total. The maximum atomic E-state index is 4.14. The second kappa shape index (κ2) is 6.84. The first-order chi connectivity index (χ1) is 9.09. The van der Waals surface area contributed by atoms with Crippen LogP contribution >= 0.6 is 15.9 Å². The van der Waals surface area contributed by atoms with E-state index in [0.717, 1.165) is 17.7 Å². The lowest BCUT2D eigenvalue weighted by Crippen LogP contribution is -2.32. The summed E-state index contributed by atoms with van der Waals surface area (Å²) in [6.07, 6.45) is 5.25. The highest BCUT2D eigenvalue weighted by molar-refractivity contribution is 9.10. The summed E-state index contributed by atoms with van der Waals surface area (Å²) in [7, 11) is 2.00. The Labute approximate surface area is 124 Å². The van der Waals surface area contributed by atoms with Gasteiger partial charge in [-0.3, -0.25) is 4.68 Å². The van der Waals surface area contributed by atoms with Crippen LogP contribution in [0, 0.1) is 11.8 Å². The van der Waals surface area contributed by atoms with Crippen LogP contribution < -0.4 is 5.32 Å². The van der Waals surface area contributed by atoms with Gasteiger partial charge in [-0.2, -0.15) is 0 Å². The van der Waals surface area contributed by atoms with Gasteiger partial charge >= 0.3 is 0 Å². The lowest BCUT2D eigenvalue weighted by molar-refractivity contribution is 0.282. The Morgan fingerprint density at radius 3 is 2.74 bits per heavy atom. The molecule has 1 aliphatic carbocycles. The third-order valence-corrected chi connectivity index (χ3v) is 4.61. The molecule has 0 saturated heterocycles. The lowest BCUT2D eigenvalue weighted by atomic mass is 9.77. The van der Waals surface area contributed by atoms with Gasteiger partial charge in [0.1, 0.15) is 0 Å². The average molecular weight is 329 g/mol. The summed E-state index contributed by atoms with van der Waals surface area (Å²) >= 11 is 3.56. The fourth-order valence-electron chi connectivity index (χ4n) is 3.10. The van der Waals surface area contributed by atoms with E-state index >= 15 is 0 Å². The monoisotopic (exact) mass is 328 g/mol. The van der Waals surface area contributed by atoms with E-state index in [4.69, 9.17) is 0 Å². The van der Waals surface area contributed by atoms with E-state index in [9.17, 15) is 0 Å². The first kappa shape index (κ1) is 15.0. The first-order valence-electron chi connectivity index (χ1n) is 7.35. The molecule has 1 saturated carbocycles. The van der Waals surface area contributed by atoms with Crippen LogP contribution in [0.25, 0.3) is 0 Å². The standard InChI is InChI=1S/C14H25BrN4/c1-10(2)8-16-9-11-6-4-5-7-12(11)13-14(15)17-18-19(13)3/h10-12,16H,4-9H2,1-3H3. The highest BCUT2D eigenvalue weighted by Crippen LogP contribution is 2.39. The molecule has 19 heavy (non-hydrogen) atoms. The van der Waals surface area contributed by atoms with Crippen LogP contribution in [0.5, 0.6) is 0 Å². The van der Waals surface area contributed by atoms with Crippen molar-refractivity contribution in [1.82, 2.24) is 20.3 Å². The van der Waals surface area contributed by atoms with Gasteiger partial charge in [-0.15, -0.1) is 5.10 Å². The molecule has 2 unspecified atom stereocenters. The molecule has 2 atom stereocenters. The van der Waals surface area contributed by atoms with Crippen LogP contribution in [0.1, 0.15) is 51.1 Å². The van der Waals surface area contributed by atoms with Crippen LogP contribution in [0.4, 0.5) is 0 Å². The number of nitrogens with one attached hydrogen (secondary N) is 1. The molecule has 1 aromatic heterocycles. The summed E-state index contributed by atoms with van der Waals surface area (Å²) < 4.78 is 2.87. The Balaban J connectivity index is 2.04. The van der Waals surface area contributed by atoms with E-state index in [0.29, 0.717) is 17.8 Å². The Kier molecular flexibility index (Phi) is 5.39. The van der Waals surface area contributed by atoms with Crippen molar-refractivity contribution in [3.63, 3.8) is 0 Å². The fraction of sp³-hybridized carbons (Fsp3) is 0.857. The van der Waals surface area contributed by atoms with E-state index in [1.165, 1.54) is 31.4 Å². The van der Waals surface area contributed by atoms with Crippen molar-refractivity contribution in [2.45, 2.75) is 45.4 Å². The van der Waals surface area contributed by atoms with Gasteiger partial charge in [0.2, 0.25) is 0 Å². The summed E-state index contributed by atoms with van der Waals surface area (Å²) in [5, 5.41) is 11.9. The molecule has 1 fully saturated rings. The molecule has 5 heteroatoms. The van der Waals surface area contributed by atoms with E-state index in [-0.39, 0.29) is 0 Å². The number of aryl methyl sites for hydroxylation is 1. The number of halogens is 1. The van der Waals surface area contributed by atoms with Gasteiger partial charge in [0.25, 0.3) is 0 Å². The molecular weight excluding hydrogens is 304 g/mol. The molecule has 0 amide bonds. The molecule has 0 aromatic carbocycles. The van der Waals surface area contributed by atoms with Crippen LogP contribution in [0.15, 0.2) is 4.60 Å². The predicted octanol–water partition coefficient (Wildman–Crippen LogP) is 3.10. The largest absolute Gasteiger partial charge is 0.316 e. The van der Waals surface area contributed by atoms with E-state index in [1.54, 1.807) is 0 Å². The minimum atomic E-state index is 0.586. The highest BCUT2D eigenvalue weighted by atomic mass is 79.9. The molecule has 0 spiro atoms. The quantitative estimate of drug-likeness (QED) is 0.903. The molecule has 0 aliphatic heterocycles. The summed E-state index contributed by atoms with van der Waals surface area (Å²) in [5.41, 5.74) is 1.27. The molecule has 1 N–H and O–H groups in total. The summed E-state index contributed by atoms with van der Waals surface area (Å²) in [4.78, 5) is 0. The van der Waals surface area contributed by atoms with Crippen molar-refractivity contribution in [3.05, 3.63) is 10.3 Å². The number of hydrogen-bond donors (Lipinski definition) is 1. The number of hydrogen-bond acceptors (Lipinski definition) is 3. The Hall–Kier alpha value is -0.420. The van der Waals surface area contributed by atoms with Crippen molar-refractivity contribution in [3.8, 4) is 0 Å². The van der Waals surface area contributed by atoms with Crippen molar-refractivity contribution < 1.29 is 0 Å². The SMILES string of the molecule is CC(C)CNCC1CCCCC1c1c(Br)nnn1C. The van der Waals surface area contributed by atoms with Crippen LogP contribution in [0.3, 0.4) is 0 Å². The van der Waals surface area contributed by atoms with Crippen LogP contribution in [0.2, 0.25) is 0 Å². The van der Waals surface area contributed by atoms with Gasteiger partial charge in [0, 0.05) is 13.0 Å². The van der Waals surface area contributed by atoms with Gasteiger partial charge in [-0.25, -0.2) is 0 Å². The van der Waals surface area contributed by atoms with Gasteiger partial charge in [0.05, 0.1) is 5.69 Å². The second-order valence-electron chi connectivity index (χ2n) is 6.09. The van der Waals surface area contributed by atoms with Crippen LogP contribution in [-0.2, 0) is 7.05 Å². The van der Waals surface area contributed by atoms with Crippen molar-refractivity contribution in [2.75, 3.05) is 13.1 Å². The Bertz CT molecular complexity index is 383. The van der Waals surface area contributed by atoms with Gasteiger partial charge in [-0.05, 0) is 53.7 Å². The Morgan fingerprint density at radius 2 is 2.11 bits per heavy atom. The maximum absolute atomic E-state index is 4.14. The molecule has 108 valence electrons. The lowest BCUT2D eigenvalue weighted by Gasteiger charge is -2.32. The van der Waals surface area contributed by atoms with E-state index < -0.39 is 0 Å². The third-order valence-electron chi connectivity index (χ3n) is 4.05. The molecule has 1 aliphatic rings. The summed E-state index contributed by atoms with van der Waals surface area (Å²) in [6.45, 7) is 6.73. The molecule has 1 heterocycles. The zero-order valence-electron chi connectivity index (χ0n) is 12.2. The molecule has 2 rings (SSSR count). The minimum absolute atomic E-state index is 0.586. The second-order valence-corrected chi connectivity index (χ2v) is 6.84. The first-order valence-corrected chi connectivity index (χ1v) is 8.14. The molecular formula is C14H25BrN4. The zero-order valence-corrected chi connectivity index (χ0v) is 13.8. The van der Waals surface area contributed by atoms with Gasteiger partial charge in [-0.1, -0.05) is 31.9 Å². The molecule has 1 aromatic rings.